The zero-order valence-corrected chi connectivity index (χ0v) is 13.3. The van der Waals surface area contributed by atoms with Gasteiger partial charge in [0, 0.05) is 0 Å². The van der Waals surface area contributed by atoms with Gasteiger partial charge in [-0.25, -0.2) is 0 Å². The van der Waals surface area contributed by atoms with E-state index >= 15 is 0 Å². The van der Waals surface area contributed by atoms with Gasteiger partial charge in [-0.1, -0.05) is 18.2 Å². The summed E-state index contributed by atoms with van der Waals surface area (Å²) >= 11 is 0. The molecule has 1 aliphatic rings. The van der Waals surface area contributed by atoms with Crippen LogP contribution in [-0.2, 0) is 18.0 Å². The van der Waals surface area contributed by atoms with Gasteiger partial charge in [-0.05, 0) is 63.4 Å². The molecule has 4 rings (SSSR count). The molecule has 3 aromatic rings. The van der Waals surface area contributed by atoms with E-state index in [9.17, 15) is 0 Å². The molecule has 0 aromatic heterocycles. The molecule has 0 saturated heterocycles. The molecule has 1 heterocycles. The molecule has 0 radical (unpaired) electrons. The number of methoxy groups -OCH3 is 2. The van der Waals surface area contributed by atoms with Crippen LogP contribution in [0.25, 0.3) is 21.9 Å². The maximum Gasteiger partial charge on any atom is 0.119 e. The molecular weight excluding hydrogens is 288 g/mol. The van der Waals surface area contributed by atoms with Crippen molar-refractivity contribution in [2.24, 2.45) is 0 Å². The molecule has 0 N–H and O–H groups in total. The molecular formula is C20H18O3. The summed E-state index contributed by atoms with van der Waals surface area (Å²) in [5.74, 6) is 1.73. The minimum atomic E-state index is 0.657. The lowest BCUT2D eigenvalue weighted by atomic mass is 9.91. The Labute approximate surface area is 135 Å². The average Bonchev–Trinajstić information content (AvgIpc) is 3.07. The minimum Gasteiger partial charge on any atom is -0.497 e. The second-order valence-corrected chi connectivity index (χ2v) is 5.70. The van der Waals surface area contributed by atoms with Gasteiger partial charge in [0.2, 0.25) is 0 Å². The molecule has 0 aliphatic carbocycles. The van der Waals surface area contributed by atoms with Gasteiger partial charge in [0.15, 0.2) is 0 Å². The van der Waals surface area contributed by atoms with Crippen molar-refractivity contribution >= 4 is 10.8 Å². The van der Waals surface area contributed by atoms with Crippen molar-refractivity contribution in [2.45, 2.75) is 13.2 Å². The molecule has 3 aromatic carbocycles. The first-order chi connectivity index (χ1) is 11.3. The van der Waals surface area contributed by atoms with Crippen LogP contribution in [0.3, 0.4) is 0 Å². The molecule has 116 valence electrons. The van der Waals surface area contributed by atoms with E-state index < -0.39 is 0 Å². The van der Waals surface area contributed by atoms with Crippen LogP contribution in [0.15, 0.2) is 48.5 Å². The Kier molecular flexibility index (Phi) is 3.43. The predicted molar refractivity (Wildman–Crippen MR) is 91.0 cm³/mol. The van der Waals surface area contributed by atoms with Gasteiger partial charge in [0.25, 0.3) is 0 Å². The third kappa shape index (κ3) is 2.34. The highest BCUT2D eigenvalue weighted by Crippen LogP contribution is 2.39. The molecule has 0 bridgehead atoms. The summed E-state index contributed by atoms with van der Waals surface area (Å²) in [6.45, 7) is 1.34. The summed E-state index contributed by atoms with van der Waals surface area (Å²) in [7, 11) is 3.38. The molecule has 3 heteroatoms. The van der Waals surface area contributed by atoms with Gasteiger partial charge in [-0.15, -0.1) is 0 Å². The second kappa shape index (κ2) is 5.60. The second-order valence-electron chi connectivity index (χ2n) is 5.70. The van der Waals surface area contributed by atoms with Crippen molar-refractivity contribution in [1.82, 2.24) is 0 Å². The van der Waals surface area contributed by atoms with Crippen molar-refractivity contribution in [3.63, 3.8) is 0 Å². The summed E-state index contributed by atoms with van der Waals surface area (Å²) in [4.78, 5) is 0. The number of hydrogen-bond acceptors (Lipinski definition) is 3. The molecule has 0 spiro atoms. The van der Waals surface area contributed by atoms with Crippen LogP contribution < -0.4 is 9.47 Å². The maximum absolute atomic E-state index is 5.69. The maximum atomic E-state index is 5.69. The summed E-state index contributed by atoms with van der Waals surface area (Å²) in [6, 6.07) is 16.6. The van der Waals surface area contributed by atoms with E-state index in [0.717, 1.165) is 11.5 Å². The van der Waals surface area contributed by atoms with Gasteiger partial charge in [0.1, 0.15) is 11.5 Å². The Morgan fingerprint density at radius 3 is 2.30 bits per heavy atom. The molecule has 1 aliphatic heterocycles. The summed E-state index contributed by atoms with van der Waals surface area (Å²) in [5.41, 5.74) is 4.95. The molecule has 0 saturated carbocycles. The monoisotopic (exact) mass is 306 g/mol. The third-order valence-electron chi connectivity index (χ3n) is 4.43. The smallest absolute Gasteiger partial charge is 0.119 e. The van der Waals surface area contributed by atoms with Crippen LogP contribution in [0.2, 0.25) is 0 Å². The third-order valence-corrected chi connectivity index (χ3v) is 4.43. The Balaban J connectivity index is 2.01. The van der Waals surface area contributed by atoms with E-state index in [0.29, 0.717) is 13.2 Å². The van der Waals surface area contributed by atoms with Crippen LogP contribution in [0.4, 0.5) is 0 Å². The largest absolute Gasteiger partial charge is 0.497 e. The predicted octanol–water partition coefficient (Wildman–Crippen LogP) is 4.55. The summed E-state index contributed by atoms with van der Waals surface area (Å²) in [5, 5.41) is 2.40. The first-order valence-electron chi connectivity index (χ1n) is 7.65. The molecule has 0 fully saturated rings. The van der Waals surface area contributed by atoms with Gasteiger partial charge < -0.3 is 14.2 Å². The quantitative estimate of drug-likeness (QED) is 0.710. The van der Waals surface area contributed by atoms with Gasteiger partial charge in [0.05, 0.1) is 27.4 Å². The zero-order chi connectivity index (χ0) is 15.8. The zero-order valence-electron chi connectivity index (χ0n) is 13.3. The van der Waals surface area contributed by atoms with E-state index in [2.05, 4.69) is 30.3 Å². The Morgan fingerprint density at radius 1 is 0.826 bits per heavy atom. The molecule has 23 heavy (non-hydrogen) atoms. The fourth-order valence-electron chi connectivity index (χ4n) is 3.25. The molecule has 0 unspecified atom stereocenters. The fraction of sp³-hybridized carbons (Fsp3) is 0.200. The number of hydrogen-bond donors (Lipinski definition) is 0. The summed E-state index contributed by atoms with van der Waals surface area (Å²) in [6.07, 6.45) is 0. The van der Waals surface area contributed by atoms with E-state index in [-0.39, 0.29) is 0 Å². The van der Waals surface area contributed by atoms with Crippen LogP contribution in [0, 0.1) is 0 Å². The van der Waals surface area contributed by atoms with E-state index in [1.807, 2.05) is 18.2 Å². The van der Waals surface area contributed by atoms with E-state index in [4.69, 9.17) is 14.2 Å². The molecule has 0 atom stereocenters. The van der Waals surface area contributed by atoms with Gasteiger partial charge in [-0.2, -0.15) is 0 Å². The lowest BCUT2D eigenvalue weighted by Crippen LogP contribution is -1.93. The Bertz CT molecular complexity index is 866. The first-order valence-corrected chi connectivity index (χ1v) is 7.65. The highest BCUT2D eigenvalue weighted by atomic mass is 16.5. The number of benzene rings is 3. The Hall–Kier alpha value is -2.52. The van der Waals surface area contributed by atoms with Crippen molar-refractivity contribution in [3.8, 4) is 22.6 Å². The first kappa shape index (κ1) is 14.1. The van der Waals surface area contributed by atoms with Crippen LogP contribution >= 0.6 is 0 Å². The van der Waals surface area contributed by atoms with Crippen molar-refractivity contribution in [3.05, 3.63) is 59.7 Å². The topological polar surface area (TPSA) is 27.7 Å². The molecule has 3 nitrogen and oxygen atoms in total. The fourth-order valence-corrected chi connectivity index (χ4v) is 3.25. The minimum absolute atomic E-state index is 0.657. The highest BCUT2D eigenvalue weighted by molar-refractivity contribution is 6.00. The lowest BCUT2D eigenvalue weighted by molar-refractivity contribution is 0.134. The standard InChI is InChI=1S/C20H18O3/c1-21-16-6-3-13(4-7-16)20-18-10-17(22-2)8-5-14(18)9-15-11-23-12-19(15)20/h3-10H,11-12H2,1-2H3. The van der Waals surface area contributed by atoms with Gasteiger partial charge in [-0.3, -0.25) is 0 Å². The number of ether oxygens (including phenoxy) is 3. The van der Waals surface area contributed by atoms with Gasteiger partial charge >= 0.3 is 0 Å². The normalized spacial score (nSPS) is 13.1. The number of rotatable bonds is 3. The van der Waals surface area contributed by atoms with E-state index in [1.54, 1.807) is 14.2 Å². The molecule has 0 amide bonds. The lowest BCUT2D eigenvalue weighted by Gasteiger charge is -2.14. The highest BCUT2D eigenvalue weighted by Gasteiger charge is 2.20. The van der Waals surface area contributed by atoms with E-state index in [1.165, 1.54) is 33.0 Å². The Morgan fingerprint density at radius 2 is 1.57 bits per heavy atom. The summed E-state index contributed by atoms with van der Waals surface area (Å²) < 4.78 is 16.4. The van der Waals surface area contributed by atoms with Crippen molar-refractivity contribution in [1.29, 1.82) is 0 Å². The SMILES string of the molecule is COc1ccc(-c2c3c(cc4ccc(OC)cc24)COC3)cc1. The van der Waals surface area contributed by atoms with Crippen LogP contribution in [-0.4, -0.2) is 14.2 Å². The van der Waals surface area contributed by atoms with Crippen molar-refractivity contribution in [2.75, 3.05) is 14.2 Å². The van der Waals surface area contributed by atoms with Crippen LogP contribution in [0.1, 0.15) is 11.1 Å². The average molecular weight is 306 g/mol. The van der Waals surface area contributed by atoms with Crippen molar-refractivity contribution < 1.29 is 14.2 Å². The van der Waals surface area contributed by atoms with Crippen LogP contribution in [0.5, 0.6) is 11.5 Å². The number of fused-ring (bicyclic) bond motifs is 2.